The fourth-order valence-corrected chi connectivity index (χ4v) is 5.42. The van der Waals surface area contributed by atoms with Crippen molar-refractivity contribution in [2.75, 3.05) is 19.6 Å². The van der Waals surface area contributed by atoms with Crippen LogP contribution in [0.25, 0.3) is 10.9 Å². The first kappa shape index (κ1) is 23.5. The first-order valence-electron chi connectivity index (χ1n) is 12.8. The van der Waals surface area contributed by atoms with Gasteiger partial charge >= 0.3 is 0 Å². The number of hydrogen-bond acceptors (Lipinski definition) is 4. The predicted molar refractivity (Wildman–Crippen MR) is 135 cm³/mol. The van der Waals surface area contributed by atoms with E-state index in [4.69, 9.17) is 4.74 Å². The Morgan fingerprint density at radius 2 is 1.86 bits per heavy atom. The van der Waals surface area contributed by atoms with Gasteiger partial charge in [0.2, 0.25) is 11.8 Å². The lowest BCUT2D eigenvalue weighted by molar-refractivity contribution is -0.140. The Kier molecular flexibility index (Phi) is 7.42. The third kappa shape index (κ3) is 5.73. The molecule has 2 aliphatic rings. The van der Waals surface area contributed by atoms with Crippen molar-refractivity contribution in [1.29, 1.82) is 0 Å². The fourth-order valence-electron chi connectivity index (χ4n) is 5.42. The zero-order valence-corrected chi connectivity index (χ0v) is 20.2. The molecular weight excluding hydrogens is 440 g/mol. The van der Waals surface area contributed by atoms with E-state index in [1.165, 1.54) is 6.42 Å². The third-order valence-corrected chi connectivity index (χ3v) is 7.36. The number of para-hydroxylation sites is 1. The molecule has 35 heavy (non-hydrogen) atoms. The van der Waals surface area contributed by atoms with Gasteiger partial charge in [0.25, 0.3) is 0 Å². The predicted octanol–water partition coefficient (Wildman–Crippen LogP) is 4.08. The van der Waals surface area contributed by atoms with Crippen LogP contribution in [-0.4, -0.2) is 63.4 Å². The van der Waals surface area contributed by atoms with Gasteiger partial charge in [-0.05, 0) is 48.6 Å². The number of carbonyl (C=O) groups excluding carboxylic acids is 2. The normalized spacial score (nSPS) is 19.8. The summed E-state index contributed by atoms with van der Waals surface area (Å²) in [5, 5.41) is 1.15. The summed E-state index contributed by atoms with van der Waals surface area (Å²) >= 11 is 0. The van der Waals surface area contributed by atoms with Crippen LogP contribution in [0.5, 0.6) is 0 Å². The topological polar surface area (TPSA) is 78.5 Å². The van der Waals surface area contributed by atoms with Crippen molar-refractivity contribution >= 4 is 22.7 Å². The molecule has 0 unspecified atom stereocenters. The Hall–Kier alpha value is -3.19. The summed E-state index contributed by atoms with van der Waals surface area (Å²) in [6, 6.07) is 12.3. The van der Waals surface area contributed by atoms with E-state index in [0.717, 1.165) is 47.7 Å². The maximum atomic E-state index is 13.3. The first-order valence-corrected chi connectivity index (χ1v) is 12.8. The smallest absolute Gasteiger partial charge is 0.242 e. The number of amides is 2. The van der Waals surface area contributed by atoms with Gasteiger partial charge in [0.1, 0.15) is 0 Å². The van der Waals surface area contributed by atoms with Crippen molar-refractivity contribution in [1.82, 2.24) is 19.8 Å². The maximum Gasteiger partial charge on any atom is 0.242 e. The zero-order valence-electron chi connectivity index (χ0n) is 20.2. The monoisotopic (exact) mass is 474 g/mol. The lowest BCUT2D eigenvalue weighted by Gasteiger charge is -2.34. The first-order chi connectivity index (χ1) is 17.2. The van der Waals surface area contributed by atoms with Crippen molar-refractivity contribution in [3.8, 4) is 0 Å². The van der Waals surface area contributed by atoms with Crippen LogP contribution in [0.3, 0.4) is 0 Å². The molecule has 0 radical (unpaired) electrons. The molecule has 2 aromatic heterocycles. The standard InChI is InChI=1S/C28H34N4O3/c33-27(11-10-22-16-30-26-9-5-4-8-25(22)26)31-17-24(35-20-21-12-14-29-15-13-21)18-32(28(34)19-31)23-6-2-1-3-7-23/h4-5,8-9,12-16,23-24,30H,1-3,6-7,10-11,17-20H2/t24-/m0/s1. The molecule has 1 saturated carbocycles. The molecule has 0 spiro atoms. The molecule has 5 rings (SSSR count). The highest BCUT2D eigenvalue weighted by Gasteiger charge is 2.34. The van der Waals surface area contributed by atoms with Gasteiger partial charge in [-0.2, -0.15) is 0 Å². The number of pyridine rings is 1. The summed E-state index contributed by atoms with van der Waals surface area (Å²) in [6.07, 6.45) is 11.9. The van der Waals surface area contributed by atoms with E-state index in [9.17, 15) is 9.59 Å². The van der Waals surface area contributed by atoms with Crippen LogP contribution in [0, 0.1) is 0 Å². The highest BCUT2D eigenvalue weighted by molar-refractivity contribution is 5.87. The van der Waals surface area contributed by atoms with Crippen LogP contribution in [-0.2, 0) is 27.4 Å². The molecule has 1 aliphatic carbocycles. The van der Waals surface area contributed by atoms with Gasteiger partial charge in [-0.15, -0.1) is 0 Å². The van der Waals surface area contributed by atoms with Crippen LogP contribution in [0.15, 0.2) is 55.0 Å². The molecule has 2 fully saturated rings. The highest BCUT2D eigenvalue weighted by atomic mass is 16.5. The second kappa shape index (κ2) is 11.0. The number of hydrogen-bond donors (Lipinski definition) is 1. The number of aromatic amines is 1. The van der Waals surface area contributed by atoms with Crippen molar-refractivity contribution in [3.05, 3.63) is 66.1 Å². The molecule has 7 heteroatoms. The van der Waals surface area contributed by atoms with Crippen LogP contribution >= 0.6 is 0 Å². The summed E-state index contributed by atoms with van der Waals surface area (Å²) < 4.78 is 6.29. The SMILES string of the molecule is O=C(CCc1c[nH]c2ccccc12)N1CC(=O)N(C2CCCCC2)C[C@@H](OCc2ccncc2)C1. The van der Waals surface area contributed by atoms with Gasteiger partial charge < -0.3 is 19.5 Å². The second-order valence-electron chi connectivity index (χ2n) is 9.76. The minimum absolute atomic E-state index is 0.00614. The van der Waals surface area contributed by atoms with Gasteiger partial charge in [0.05, 0.1) is 19.3 Å². The molecule has 3 aromatic rings. The molecule has 7 nitrogen and oxygen atoms in total. The van der Waals surface area contributed by atoms with Crippen molar-refractivity contribution in [2.24, 2.45) is 0 Å². The number of ether oxygens (including phenoxy) is 1. The van der Waals surface area contributed by atoms with Crippen molar-refractivity contribution in [3.63, 3.8) is 0 Å². The van der Waals surface area contributed by atoms with Crippen LogP contribution in [0.4, 0.5) is 0 Å². The molecule has 1 aromatic carbocycles. The van der Waals surface area contributed by atoms with E-state index in [1.807, 2.05) is 41.4 Å². The molecule has 184 valence electrons. The molecule has 1 atom stereocenters. The molecule has 1 saturated heterocycles. The fraction of sp³-hybridized carbons (Fsp3) is 0.464. The van der Waals surface area contributed by atoms with E-state index < -0.39 is 0 Å². The van der Waals surface area contributed by atoms with Gasteiger partial charge in [-0.1, -0.05) is 37.5 Å². The number of rotatable bonds is 7. The number of fused-ring (bicyclic) bond motifs is 1. The largest absolute Gasteiger partial charge is 0.370 e. The molecular formula is C28H34N4O3. The minimum atomic E-state index is -0.214. The number of H-pyrrole nitrogens is 1. The van der Waals surface area contributed by atoms with E-state index in [1.54, 1.807) is 17.3 Å². The van der Waals surface area contributed by atoms with E-state index in [0.29, 0.717) is 32.5 Å². The van der Waals surface area contributed by atoms with Crippen LogP contribution < -0.4 is 0 Å². The Labute approximate surface area is 206 Å². The summed E-state index contributed by atoms with van der Waals surface area (Å²) in [4.78, 5) is 37.7. The zero-order chi connectivity index (χ0) is 24.0. The summed E-state index contributed by atoms with van der Waals surface area (Å²) in [7, 11) is 0. The maximum absolute atomic E-state index is 13.3. The summed E-state index contributed by atoms with van der Waals surface area (Å²) in [6.45, 7) is 1.56. The second-order valence-corrected chi connectivity index (χ2v) is 9.76. The molecule has 3 heterocycles. The van der Waals surface area contributed by atoms with Crippen molar-refractivity contribution < 1.29 is 14.3 Å². The van der Waals surface area contributed by atoms with Gasteiger partial charge in [-0.25, -0.2) is 0 Å². The third-order valence-electron chi connectivity index (χ3n) is 7.36. The minimum Gasteiger partial charge on any atom is -0.370 e. The van der Waals surface area contributed by atoms with Gasteiger partial charge in [0, 0.05) is 55.0 Å². The lowest BCUT2D eigenvalue weighted by Crippen LogP contribution is -2.46. The highest BCUT2D eigenvalue weighted by Crippen LogP contribution is 2.25. The van der Waals surface area contributed by atoms with Crippen LogP contribution in [0.2, 0.25) is 0 Å². The number of nitrogens with one attached hydrogen (secondary N) is 1. The van der Waals surface area contributed by atoms with E-state index >= 15 is 0 Å². The van der Waals surface area contributed by atoms with E-state index in [-0.39, 0.29) is 30.5 Å². The summed E-state index contributed by atoms with van der Waals surface area (Å²) in [5.74, 6) is 0.0546. The van der Waals surface area contributed by atoms with Gasteiger partial charge in [-0.3, -0.25) is 14.6 Å². The number of nitrogens with zero attached hydrogens (tertiary/aromatic N) is 3. The van der Waals surface area contributed by atoms with E-state index in [2.05, 4.69) is 16.0 Å². The quantitative estimate of drug-likeness (QED) is 0.560. The number of aromatic nitrogens is 2. The average molecular weight is 475 g/mol. The number of carbonyl (C=O) groups is 2. The Morgan fingerprint density at radius 3 is 2.69 bits per heavy atom. The van der Waals surface area contributed by atoms with Crippen LogP contribution in [0.1, 0.15) is 49.7 Å². The summed E-state index contributed by atoms with van der Waals surface area (Å²) in [5.41, 5.74) is 3.24. The average Bonchev–Trinajstić information content (AvgIpc) is 3.24. The number of benzene rings is 1. The number of aryl methyl sites for hydroxylation is 1. The Morgan fingerprint density at radius 1 is 1.06 bits per heavy atom. The molecule has 0 bridgehead atoms. The van der Waals surface area contributed by atoms with Crippen molar-refractivity contribution in [2.45, 2.75) is 63.7 Å². The van der Waals surface area contributed by atoms with Gasteiger partial charge in [0.15, 0.2) is 0 Å². The molecule has 1 aliphatic heterocycles. The Bertz CT molecular complexity index is 1140. The molecule has 1 N–H and O–H groups in total. The Balaban J connectivity index is 1.28. The lowest BCUT2D eigenvalue weighted by atomic mass is 9.94. The molecule has 2 amide bonds.